The van der Waals surface area contributed by atoms with Crippen LogP contribution in [-0.4, -0.2) is 11.3 Å². The highest BCUT2D eigenvalue weighted by atomic mass is 15.1. The van der Waals surface area contributed by atoms with Crippen LogP contribution in [0.25, 0.3) is 35.1 Å². The number of benzene rings is 3. The van der Waals surface area contributed by atoms with Crippen molar-refractivity contribution in [2.45, 2.75) is 11.3 Å². The second-order valence-electron chi connectivity index (χ2n) is 7.89. The Hall–Kier alpha value is -3.34. The van der Waals surface area contributed by atoms with Crippen molar-refractivity contribution >= 4 is 46.5 Å². The predicted octanol–water partition coefficient (Wildman–Crippen LogP) is 2.30. The molecule has 2 aliphatic carbocycles. The summed E-state index contributed by atoms with van der Waals surface area (Å²) in [6, 6.07) is 16.8. The standard InChI is InChI=1S/C24H20N4/c25-23-9-7-16-12-19-14-24(26,10-8-17(19)11-18(16)13-23)28-22-20-4-2-1-3-15(20)5-6-21(22)27-23/h1-14,27-28H,25-26H2. The Morgan fingerprint density at radius 2 is 1.36 bits per heavy atom. The summed E-state index contributed by atoms with van der Waals surface area (Å²) in [7, 11) is 0. The summed E-state index contributed by atoms with van der Waals surface area (Å²) in [5.41, 5.74) is 16.1. The normalized spacial score (nSPS) is 25.9. The minimum atomic E-state index is -0.796. The summed E-state index contributed by atoms with van der Waals surface area (Å²) in [6.07, 6.45) is 12.4. The zero-order chi connectivity index (χ0) is 18.9. The van der Waals surface area contributed by atoms with Gasteiger partial charge in [-0.25, -0.2) is 0 Å². The first-order valence-electron chi connectivity index (χ1n) is 9.45. The Balaban J connectivity index is 1.72. The van der Waals surface area contributed by atoms with Crippen molar-refractivity contribution in [1.82, 2.24) is 0 Å². The summed E-state index contributed by atoms with van der Waals surface area (Å²) in [6.45, 7) is 0. The molecule has 9 rings (SSSR count). The lowest BCUT2D eigenvalue weighted by atomic mass is 9.91. The molecule has 0 aromatic heterocycles. The Labute approximate surface area is 162 Å². The van der Waals surface area contributed by atoms with Gasteiger partial charge in [0.1, 0.15) is 11.3 Å². The Bertz CT molecular complexity index is 1350. The summed E-state index contributed by atoms with van der Waals surface area (Å²) in [5.74, 6) is 0. The lowest BCUT2D eigenvalue weighted by Gasteiger charge is -2.34. The molecule has 6 bridgehead atoms. The fraction of sp³-hybridized carbons (Fsp3) is 0.0833. The van der Waals surface area contributed by atoms with E-state index in [9.17, 15) is 0 Å². The molecule has 28 heavy (non-hydrogen) atoms. The molecule has 4 heterocycles. The molecular weight excluding hydrogens is 344 g/mol. The third kappa shape index (κ3) is 2.26. The molecule has 4 nitrogen and oxygen atoms in total. The maximum Gasteiger partial charge on any atom is 0.126 e. The highest BCUT2D eigenvalue weighted by molar-refractivity contribution is 6.01. The Morgan fingerprint density at radius 1 is 0.714 bits per heavy atom. The first kappa shape index (κ1) is 15.7. The number of hydrogen-bond acceptors (Lipinski definition) is 4. The van der Waals surface area contributed by atoms with Crippen LogP contribution in [0.15, 0.2) is 60.7 Å². The van der Waals surface area contributed by atoms with E-state index in [1.165, 1.54) is 0 Å². The summed E-state index contributed by atoms with van der Waals surface area (Å²) >= 11 is 0. The Kier molecular flexibility index (Phi) is 2.88. The van der Waals surface area contributed by atoms with Crippen molar-refractivity contribution < 1.29 is 0 Å². The van der Waals surface area contributed by atoms with E-state index in [2.05, 4.69) is 71.3 Å². The van der Waals surface area contributed by atoms with Gasteiger partial charge in [0, 0.05) is 5.39 Å². The minimum absolute atomic E-state index is 0.784. The smallest absolute Gasteiger partial charge is 0.126 e. The van der Waals surface area contributed by atoms with Crippen LogP contribution in [0.1, 0.15) is 11.1 Å². The van der Waals surface area contributed by atoms with Gasteiger partial charge in [0.05, 0.1) is 11.4 Å². The van der Waals surface area contributed by atoms with Crippen LogP contribution in [-0.2, 0) is 0 Å². The average Bonchev–Trinajstić information content (AvgIpc) is 2.67. The van der Waals surface area contributed by atoms with Crippen LogP contribution in [0.5, 0.6) is 0 Å². The van der Waals surface area contributed by atoms with Crippen LogP contribution in [0.4, 0.5) is 11.4 Å². The molecule has 136 valence electrons. The van der Waals surface area contributed by atoms with Crippen LogP contribution in [0, 0.1) is 0 Å². The van der Waals surface area contributed by atoms with E-state index in [1.54, 1.807) is 0 Å². The second kappa shape index (κ2) is 5.13. The Morgan fingerprint density at radius 3 is 2.07 bits per heavy atom. The molecule has 6 N–H and O–H groups in total. The van der Waals surface area contributed by atoms with Gasteiger partial charge in [-0.2, -0.15) is 0 Å². The summed E-state index contributed by atoms with van der Waals surface area (Å²) in [5, 5.41) is 11.6. The number of anilines is 2. The largest absolute Gasteiger partial charge is 0.359 e. The topological polar surface area (TPSA) is 76.1 Å². The zero-order valence-corrected chi connectivity index (χ0v) is 15.2. The monoisotopic (exact) mass is 364 g/mol. The van der Waals surface area contributed by atoms with E-state index in [-0.39, 0.29) is 0 Å². The zero-order valence-electron chi connectivity index (χ0n) is 15.2. The molecule has 0 radical (unpaired) electrons. The molecule has 0 amide bonds. The van der Waals surface area contributed by atoms with E-state index in [0.717, 1.165) is 43.7 Å². The highest BCUT2D eigenvalue weighted by Gasteiger charge is 2.28. The lowest BCUT2D eigenvalue weighted by molar-refractivity contribution is 0.780. The number of rotatable bonds is 0. The van der Waals surface area contributed by atoms with Crippen LogP contribution in [0.2, 0.25) is 0 Å². The molecule has 0 saturated heterocycles. The maximum atomic E-state index is 6.77. The van der Waals surface area contributed by atoms with Gasteiger partial charge in [-0.1, -0.05) is 42.5 Å². The van der Waals surface area contributed by atoms with Gasteiger partial charge in [-0.05, 0) is 69.5 Å². The highest BCUT2D eigenvalue weighted by Crippen LogP contribution is 2.36. The SMILES string of the molecule is NC12C=Cc3cc4c(cc3=C1)C=CC(N)(C=4)Nc1c(ccc3ccccc13)N2. The first-order valence-corrected chi connectivity index (χ1v) is 9.45. The second-order valence-corrected chi connectivity index (χ2v) is 7.89. The molecule has 3 aromatic carbocycles. The van der Waals surface area contributed by atoms with E-state index in [1.807, 2.05) is 24.3 Å². The van der Waals surface area contributed by atoms with E-state index in [0.29, 0.717) is 0 Å². The number of nitrogens with one attached hydrogen (secondary N) is 2. The van der Waals surface area contributed by atoms with Gasteiger partial charge in [0.25, 0.3) is 0 Å². The van der Waals surface area contributed by atoms with Crippen LogP contribution in [0.3, 0.4) is 0 Å². The van der Waals surface area contributed by atoms with E-state index in [4.69, 9.17) is 11.5 Å². The van der Waals surface area contributed by atoms with Gasteiger partial charge in [-0.15, -0.1) is 0 Å². The van der Waals surface area contributed by atoms with Crippen molar-refractivity contribution in [3.8, 4) is 0 Å². The number of fused-ring (bicyclic) bond motifs is 1. The van der Waals surface area contributed by atoms with Gasteiger partial charge < -0.3 is 22.1 Å². The molecule has 6 aliphatic rings. The maximum absolute atomic E-state index is 6.77. The fourth-order valence-electron chi connectivity index (χ4n) is 4.39. The molecule has 3 aromatic rings. The first-order chi connectivity index (χ1) is 13.5. The molecular formula is C24H20N4. The van der Waals surface area contributed by atoms with Crippen LogP contribution >= 0.6 is 0 Å². The van der Waals surface area contributed by atoms with Crippen molar-refractivity contribution in [1.29, 1.82) is 0 Å². The average molecular weight is 364 g/mol. The molecule has 2 unspecified atom stereocenters. The van der Waals surface area contributed by atoms with Crippen LogP contribution < -0.4 is 32.5 Å². The lowest BCUT2D eigenvalue weighted by Crippen LogP contribution is -2.50. The van der Waals surface area contributed by atoms with Gasteiger partial charge in [-0.3, -0.25) is 0 Å². The van der Waals surface area contributed by atoms with Crippen molar-refractivity contribution in [2.24, 2.45) is 11.5 Å². The fourth-order valence-corrected chi connectivity index (χ4v) is 4.39. The molecule has 4 heteroatoms. The van der Waals surface area contributed by atoms with E-state index >= 15 is 0 Å². The number of hydrogen-bond donors (Lipinski definition) is 4. The van der Waals surface area contributed by atoms with Crippen molar-refractivity contribution in [2.75, 3.05) is 10.6 Å². The van der Waals surface area contributed by atoms with Gasteiger partial charge in [0.15, 0.2) is 0 Å². The van der Waals surface area contributed by atoms with Crippen molar-refractivity contribution in [3.05, 3.63) is 82.2 Å². The van der Waals surface area contributed by atoms with E-state index < -0.39 is 11.3 Å². The number of nitrogens with two attached hydrogens (primary N) is 2. The molecule has 2 atom stereocenters. The third-order valence-electron chi connectivity index (χ3n) is 5.78. The molecule has 0 fully saturated rings. The molecule has 4 aliphatic heterocycles. The third-order valence-corrected chi connectivity index (χ3v) is 5.78. The summed E-state index contributed by atoms with van der Waals surface area (Å²) < 4.78 is 0. The minimum Gasteiger partial charge on any atom is -0.359 e. The van der Waals surface area contributed by atoms with Gasteiger partial charge >= 0.3 is 0 Å². The van der Waals surface area contributed by atoms with Gasteiger partial charge in [0.2, 0.25) is 0 Å². The quantitative estimate of drug-likeness (QED) is 0.494. The predicted molar refractivity (Wildman–Crippen MR) is 118 cm³/mol. The van der Waals surface area contributed by atoms with Crippen molar-refractivity contribution in [3.63, 3.8) is 0 Å². The molecule has 0 saturated carbocycles. The molecule has 0 spiro atoms. The summed E-state index contributed by atoms with van der Waals surface area (Å²) in [4.78, 5) is 0.